The number of aliphatic hydroxyl groups is 1. The Balaban J connectivity index is 2.35. The average Bonchev–Trinajstić information content (AvgIpc) is 2.50. The van der Waals surface area contributed by atoms with Crippen LogP contribution >= 0.6 is 0 Å². The van der Waals surface area contributed by atoms with Gasteiger partial charge in [-0.2, -0.15) is 0 Å². The number of benzene rings is 1. The topological polar surface area (TPSA) is 68.2 Å². The second-order valence-electron chi connectivity index (χ2n) is 6.53. The molecule has 0 saturated heterocycles. The first-order chi connectivity index (χ1) is 10.8. The Morgan fingerprint density at radius 3 is 2.39 bits per heavy atom. The Morgan fingerprint density at radius 2 is 1.87 bits per heavy atom. The molecule has 0 saturated carbocycles. The lowest BCUT2D eigenvalue weighted by Gasteiger charge is -2.37. The Kier molecular flexibility index (Phi) is 5.04. The first kappa shape index (κ1) is 17.4. The number of methoxy groups -OCH3 is 2. The molecule has 0 aromatic heterocycles. The minimum atomic E-state index is -0.574. The molecule has 0 aliphatic carbocycles. The van der Waals surface area contributed by atoms with Crippen LogP contribution in [0.2, 0.25) is 0 Å². The van der Waals surface area contributed by atoms with Crippen LogP contribution in [0.25, 0.3) is 0 Å². The van der Waals surface area contributed by atoms with E-state index in [1.54, 1.807) is 19.1 Å². The van der Waals surface area contributed by atoms with E-state index in [0.717, 1.165) is 11.1 Å². The highest BCUT2D eigenvalue weighted by atomic mass is 16.6. The van der Waals surface area contributed by atoms with Crippen molar-refractivity contribution in [1.82, 2.24) is 4.90 Å². The molecular weight excluding hydrogens is 298 g/mol. The van der Waals surface area contributed by atoms with Crippen molar-refractivity contribution in [2.75, 3.05) is 27.4 Å². The number of aliphatic hydroxyl groups excluding tert-OH is 1. The van der Waals surface area contributed by atoms with Crippen molar-refractivity contribution in [2.24, 2.45) is 0 Å². The van der Waals surface area contributed by atoms with Crippen molar-refractivity contribution in [3.05, 3.63) is 23.3 Å². The summed E-state index contributed by atoms with van der Waals surface area (Å²) in [5, 5.41) is 9.82. The van der Waals surface area contributed by atoms with E-state index in [1.807, 2.05) is 32.9 Å². The van der Waals surface area contributed by atoms with Crippen LogP contribution in [0.5, 0.6) is 11.5 Å². The summed E-state index contributed by atoms with van der Waals surface area (Å²) >= 11 is 0. The highest BCUT2D eigenvalue weighted by Crippen LogP contribution is 2.38. The van der Waals surface area contributed by atoms with Gasteiger partial charge in [-0.1, -0.05) is 0 Å². The van der Waals surface area contributed by atoms with Crippen molar-refractivity contribution in [2.45, 2.75) is 38.8 Å². The third-order valence-electron chi connectivity index (χ3n) is 3.80. The van der Waals surface area contributed by atoms with Crippen LogP contribution in [0.4, 0.5) is 4.79 Å². The summed E-state index contributed by atoms with van der Waals surface area (Å²) in [6.45, 7) is 5.78. The zero-order chi connectivity index (χ0) is 17.2. The minimum Gasteiger partial charge on any atom is -0.493 e. The van der Waals surface area contributed by atoms with E-state index in [9.17, 15) is 9.90 Å². The molecule has 6 nitrogen and oxygen atoms in total. The molecular formula is C17H25NO5. The normalized spacial score (nSPS) is 17.5. The van der Waals surface area contributed by atoms with Crippen LogP contribution in [0, 0.1) is 0 Å². The van der Waals surface area contributed by atoms with Gasteiger partial charge in [0, 0.05) is 6.54 Å². The number of amides is 1. The molecule has 1 heterocycles. The SMILES string of the molecule is COc1cc2c(cc1OC)[C@H](CO)N(C(=O)OC(C)(C)C)CC2. The van der Waals surface area contributed by atoms with Crippen molar-refractivity contribution in [3.8, 4) is 11.5 Å². The standard InChI is InChI=1S/C17H25NO5/c1-17(2,3)23-16(20)18-7-6-11-8-14(21-4)15(22-5)9-12(11)13(18)10-19/h8-9,13,19H,6-7,10H2,1-5H3/t13-/m0/s1. The molecule has 0 spiro atoms. The molecule has 1 aromatic rings. The van der Waals surface area contributed by atoms with Gasteiger partial charge in [0.1, 0.15) is 5.60 Å². The van der Waals surface area contributed by atoms with Gasteiger partial charge in [-0.05, 0) is 50.5 Å². The average molecular weight is 323 g/mol. The lowest BCUT2D eigenvalue weighted by molar-refractivity contribution is 0.00690. The number of ether oxygens (including phenoxy) is 3. The first-order valence-electron chi connectivity index (χ1n) is 7.66. The fourth-order valence-electron chi connectivity index (χ4n) is 2.76. The highest BCUT2D eigenvalue weighted by molar-refractivity contribution is 5.70. The molecule has 6 heteroatoms. The van der Waals surface area contributed by atoms with Gasteiger partial charge in [0.25, 0.3) is 0 Å². The third kappa shape index (κ3) is 3.69. The fourth-order valence-corrected chi connectivity index (χ4v) is 2.76. The number of rotatable bonds is 3. The van der Waals surface area contributed by atoms with Crippen molar-refractivity contribution >= 4 is 6.09 Å². The number of carbonyl (C=O) groups is 1. The minimum absolute atomic E-state index is 0.179. The highest BCUT2D eigenvalue weighted by Gasteiger charge is 2.34. The quantitative estimate of drug-likeness (QED) is 0.926. The summed E-state index contributed by atoms with van der Waals surface area (Å²) in [6.07, 6.45) is 0.253. The largest absolute Gasteiger partial charge is 0.493 e. The van der Waals surface area contributed by atoms with Crippen LogP contribution in [0.15, 0.2) is 12.1 Å². The Labute approximate surface area is 136 Å². The van der Waals surface area contributed by atoms with E-state index in [0.29, 0.717) is 24.5 Å². The summed E-state index contributed by atoms with van der Waals surface area (Å²) in [7, 11) is 3.15. The Morgan fingerprint density at radius 1 is 1.26 bits per heavy atom. The van der Waals surface area contributed by atoms with E-state index in [1.165, 1.54) is 0 Å². The molecule has 1 N–H and O–H groups in total. The van der Waals surface area contributed by atoms with E-state index >= 15 is 0 Å². The van der Waals surface area contributed by atoms with Gasteiger partial charge >= 0.3 is 6.09 Å². The van der Waals surface area contributed by atoms with Gasteiger partial charge in [-0.25, -0.2) is 4.79 Å². The van der Waals surface area contributed by atoms with Crippen LogP contribution in [0.1, 0.15) is 37.9 Å². The molecule has 128 valence electrons. The number of nitrogens with zero attached hydrogens (tertiary/aromatic N) is 1. The van der Waals surface area contributed by atoms with Gasteiger partial charge in [-0.3, -0.25) is 4.90 Å². The summed E-state index contributed by atoms with van der Waals surface area (Å²) in [4.78, 5) is 14.0. The molecule has 1 atom stereocenters. The lowest BCUT2D eigenvalue weighted by atomic mass is 9.92. The van der Waals surface area contributed by atoms with E-state index in [4.69, 9.17) is 14.2 Å². The van der Waals surface area contributed by atoms with Crippen LogP contribution in [-0.4, -0.2) is 49.1 Å². The Hall–Kier alpha value is -1.95. The monoisotopic (exact) mass is 323 g/mol. The summed E-state index contributed by atoms with van der Waals surface area (Å²) in [5.41, 5.74) is 1.33. The molecule has 0 unspecified atom stereocenters. The lowest BCUT2D eigenvalue weighted by Crippen LogP contribution is -2.44. The van der Waals surface area contributed by atoms with Crippen LogP contribution in [0.3, 0.4) is 0 Å². The number of carbonyl (C=O) groups excluding carboxylic acids is 1. The molecule has 1 aliphatic heterocycles. The van der Waals surface area contributed by atoms with E-state index in [2.05, 4.69) is 0 Å². The maximum atomic E-state index is 12.4. The Bertz CT molecular complexity index is 579. The van der Waals surface area contributed by atoms with Gasteiger partial charge < -0.3 is 19.3 Å². The van der Waals surface area contributed by atoms with Gasteiger partial charge in [-0.15, -0.1) is 0 Å². The molecule has 1 aromatic carbocycles. The molecule has 1 aliphatic rings. The van der Waals surface area contributed by atoms with Crippen LogP contribution < -0.4 is 9.47 Å². The molecule has 2 rings (SSSR count). The smallest absolute Gasteiger partial charge is 0.410 e. The fraction of sp³-hybridized carbons (Fsp3) is 0.588. The number of fused-ring (bicyclic) bond motifs is 1. The zero-order valence-corrected chi connectivity index (χ0v) is 14.4. The van der Waals surface area contributed by atoms with Crippen molar-refractivity contribution in [1.29, 1.82) is 0 Å². The second kappa shape index (κ2) is 6.66. The predicted octanol–water partition coefficient (Wildman–Crippen LogP) is 2.53. The summed E-state index contributed by atoms with van der Waals surface area (Å²) < 4.78 is 16.1. The molecule has 0 fully saturated rings. The summed E-state index contributed by atoms with van der Waals surface area (Å²) in [5.74, 6) is 1.23. The van der Waals surface area contributed by atoms with Gasteiger partial charge in [0.15, 0.2) is 11.5 Å². The van der Waals surface area contributed by atoms with Gasteiger partial charge in [0.05, 0.1) is 26.9 Å². The molecule has 0 bridgehead atoms. The molecule has 1 amide bonds. The number of hydrogen-bond acceptors (Lipinski definition) is 5. The molecule has 23 heavy (non-hydrogen) atoms. The first-order valence-corrected chi connectivity index (χ1v) is 7.66. The second-order valence-corrected chi connectivity index (χ2v) is 6.53. The van der Waals surface area contributed by atoms with Gasteiger partial charge in [0.2, 0.25) is 0 Å². The number of hydrogen-bond donors (Lipinski definition) is 1. The van der Waals surface area contributed by atoms with E-state index < -0.39 is 17.7 Å². The summed E-state index contributed by atoms with van der Waals surface area (Å²) in [6, 6.07) is 3.28. The van der Waals surface area contributed by atoms with Crippen molar-refractivity contribution < 1.29 is 24.1 Å². The van der Waals surface area contributed by atoms with E-state index in [-0.39, 0.29) is 6.61 Å². The maximum absolute atomic E-state index is 12.4. The maximum Gasteiger partial charge on any atom is 0.410 e. The molecule has 0 radical (unpaired) electrons. The van der Waals surface area contributed by atoms with Crippen LogP contribution in [-0.2, 0) is 11.2 Å². The third-order valence-corrected chi connectivity index (χ3v) is 3.80. The van der Waals surface area contributed by atoms with Crippen molar-refractivity contribution in [3.63, 3.8) is 0 Å². The zero-order valence-electron chi connectivity index (χ0n) is 14.4. The predicted molar refractivity (Wildman–Crippen MR) is 86.0 cm³/mol.